The Morgan fingerprint density at radius 2 is 0.868 bits per heavy atom. The molecule has 2 heterocycles. The van der Waals surface area contributed by atoms with Crippen molar-refractivity contribution in [1.82, 2.24) is 9.97 Å². The van der Waals surface area contributed by atoms with Crippen LogP contribution in [-0.2, 0) is 0 Å². The first-order valence-corrected chi connectivity index (χ1v) is 17.9. The summed E-state index contributed by atoms with van der Waals surface area (Å²) in [6.07, 6.45) is 0. The maximum absolute atomic E-state index is 6.95. The Labute approximate surface area is 308 Å². The minimum absolute atomic E-state index is 0.678. The molecule has 1 aliphatic rings. The number of hydrogen-bond acceptors (Lipinski definition) is 3. The van der Waals surface area contributed by atoms with Crippen molar-refractivity contribution in [2.45, 2.75) is 0 Å². The van der Waals surface area contributed by atoms with Crippen LogP contribution in [0, 0.1) is 0 Å². The second-order valence-corrected chi connectivity index (χ2v) is 13.3. The van der Waals surface area contributed by atoms with E-state index in [1.165, 1.54) is 10.9 Å². The lowest BCUT2D eigenvalue weighted by molar-refractivity contribution is 0.489. The van der Waals surface area contributed by atoms with Gasteiger partial charge in [0.15, 0.2) is 5.82 Å². The van der Waals surface area contributed by atoms with Crippen molar-refractivity contribution in [2.24, 2.45) is 0 Å². The van der Waals surface area contributed by atoms with Crippen molar-refractivity contribution in [2.75, 3.05) is 0 Å². The van der Waals surface area contributed by atoms with E-state index >= 15 is 0 Å². The van der Waals surface area contributed by atoms with Crippen LogP contribution in [0.4, 0.5) is 0 Å². The molecule has 0 N–H and O–H groups in total. The molecule has 1 aromatic heterocycles. The van der Waals surface area contributed by atoms with Gasteiger partial charge in [-0.2, -0.15) is 0 Å². The van der Waals surface area contributed by atoms with Crippen LogP contribution < -0.4 is 4.74 Å². The third-order valence-corrected chi connectivity index (χ3v) is 10.1. The van der Waals surface area contributed by atoms with E-state index in [0.29, 0.717) is 5.82 Å². The van der Waals surface area contributed by atoms with E-state index in [4.69, 9.17) is 14.7 Å². The Bertz CT molecular complexity index is 2720. The molecule has 0 aliphatic carbocycles. The number of nitrogens with zero attached hydrogens (tertiary/aromatic N) is 2. The molecule has 0 spiro atoms. The second-order valence-electron chi connectivity index (χ2n) is 13.3. The van der Waals surface area contributed by atoms with Gasteiger partial charge < -0.3 is 4.74 Å². The molecule has 248 valence electrons. The highest BCUT2D eigenvalue weighted by Gasteiger charge is 2.26. The Morgan fingerprint density at radius 3 is 1.57 bits per heavy atom. The molecule has 0 radical (unpaired) electrons. The molecule has 8 aromatic carbocycles. The molecule has 3 heteroatoms. The summed E-state index contributed by atoms with van der Waals surface area (Å²) in [5, 5.41) is 2.31. The third-order valence-electron chi connectivity index (χ3n) is 10.1. The van der Waals surface area contributed by atoms with Crippen molar-refractivity contribution in [3.63, 3.8) is 0 Å². The van der Waals surface area contributed by atoms with E-state index in [-0.39, 0.29) is 0 Å². The second kappa shape index (κ2) is 12.9. The zero-order valence-corrected chi connectivity index (χ0v) is 28.8. The molecule has 0 saturated carbocycles. The minimum atomic E-state index is 0.678. The number of benzene rings is 8. The topological polar surface area (TPSA) is 35.0 Å². The summed E-state index contributed by atoms with van der Waals surface area (Å²) in [5.74, 6) is 2.40. The van der Waals surface area contributed by atoms with Crippen molar-refractivity contribution >= 4 is 10.8 Å². The monoisotopic (exact) mass is 676 g/mol. The van der Waals surface area contributed by atoms with E-state index in [2.05, 4.69) is 170 Å². The molecule has 53 heavy (non-hydrogen) atoms. The standard InChI is InChI=1S/C50H32N2O/c1-5-16-33(17-6-1)38-30-42(41-28-15-27-40-39-26-13-24-36-25-14-29-46(48(36)39)53-49(40)41)47(35-20-9-3-10-21-35)43(31-38)45-32-44(34-18-7-2-8-19-34)51-50(52-45)37-22-11-4-12-23-37/h1-32H. The first-order chi connectivity index (χ1) is 26.3. The zero-order chi connectivity index (χ0) is 35.1. The highest BCUT2D eigenvalue weighted by Crippen LogP contribution is 2.53. The van der Waals surface area contributed by atoms with Gasteiger partial charge in [0.1, 0.15) is 11.5 Å². The summed E-state index contributed by atoms with van der Waals surface area (Å²) in [6, 6.07) is 67.9. The van der Waals surface area contributed by atoms with Crippen LogP contribution in [0.1, 0.15) is 0 Å². The number of aromatic nitrogens is 2. The third kappa shape index (κ3) is 5.47. The van der Waals surface area contributed by atoms with Gasteiger partial charge in [-0.25, -0.2) is 9.97 Å². The number of ether oxygens (including phenoxy) is 1. The van der Waals surface area contributed by atoms with E-state index in [0.717, 1.165) is 83.9 Å². The molecule has 0 fully saturated rings. The fourth-order valence-electron chi connectivity index (χ4n) is 7.63. The van der Waals surface area contributed by atoms with Gasteiger partial charge in [0.2, 0.25) is 0 Å². The van der Waals surface area contributed by atoms with Gasteiger partial charge >= 0.3 is 0 Å². The number of rotatable bonds is 6. The predicted molar refractivity (Wildman–Crippen MR) is 218 cm³/mol. The minimum Gasteiger partial charge on any atom is -0.455 e. The lowest BCUT2D eigenvalue weighted by Crippen LogP contribution is -2.01. The largest absolute Gasteiger partial charge is 0.455 e. The van der Waals surface area contributed by atoms with E-state index in [1.54, 1.807) is 0 Å². The quantitative estimate of drug-likeness (QED) is 0.176. The SMILES string of the molecule is c1ccc(-c2cc(-c3cc(-c4ccccc4)nc(-c4ccccc4)n3)c(-c3ccccc3)c(-c3cccc4c3Oc3cccc5cccc-4c35)c2)cc1. The zero-order valence-electron chi connectivity index (χ0n) is 28.8. The van der Waals surface area contributed by atoms with E-state index < -0.39 is 0 Å². The van der Waals surface area contributed by atoms with Gasteiger partial charge in [-0.3, -0.25) is 0 Å². The normalized spacial score (nSPS) is 11.5. The molecule has 0 amide bonds. The Kier molecular flexibility index (Phi) is 7.47. The van der Waals surface area contributed by atoms with Gasteiger partial charge in [0, 0.05) is 33.2 Å². The molecule has 3 nitrogen and oxygen atoms in total. The number of hydrogen-bond donors (Lipinski definition) is 0. The van der Waals surface area contributed by atoms with Crippen LogP contribution in [-0.4, -0.2) is 9.97 Å². The summed E-state index contributed by atoms with van der Waals surface area (Å²) in [5.41, 5.74) is 13.5. The fraction of sp³-hybridized carbons (Fsp3) is 0. The first-order valence-electron chi connectivity index (χ1n) is 17.9. The Hall–Kier alpha value is -7.10. The number of para-hydroxylation sites is 1. The smallest absolute Gasteiger partial charge is 0.160 e. The van der Waals surface area contributed by atoms with Crippen LogP contribution in [0.3, 0.4) is 0 Å². The molecular weight excluding hydrogens is 645 g/mol. The van der Waals surface area contributed by atoms with Gasteiger partial charge in [0.25, 0.3) is 0 Å². The molecule has 0 saturated heterocycles. The maximum atomic E-state index is 6.95. The molecule has 10 rings (SSSR count). The van der Waals surface area contributed by atoms with Crippen LogP contribution in [0.2, 0.25) is 0 Å². The van der Waals surface area contributed by atoms with Crippen molar-refractivity contribution in [3.8, 4) is 89.9 Å². The number of fused-ring (bicyclic) bond motifs is 2. The summed E-state index contributed by atoms with van der Waals surface area (Å²) >= 11 is 0. The van der Waals surface area contributed by atoms with Crippen LogP contribution in [0.5, 0.6) is 11.5 Å². The van der Waals surface area contributed by atoms with Gasteiger partial charge in [-0.05, 0) is 63.0 Å². The molecular formula is C50H32N2O. The van der Waals surface area contributed by atoms with Gasteiger partial charge in [-0.1, -0.05) is 170 Å². The van der Waals surface area contributed by atoms with Gasteiger partial charge in [0.05, 0.1) is 11.4 Å². The fourth-order valence-corrected chi connectivity index (χ4v) is 7.63. The average molecular weight is 677 g/mol. The lowest BCUT2D eigenvalue weighted by Gasteiger charge is -2.25. The van der Waals surface area contributed by atoms with Crippen molar-refractivity contribution in [3.05, 3.63) is 194 Å². The van der Waals surface area contributed by atoms with Crippen molar-refractivity contribution in [1.29, 1.82) is 0 Å². The summed E-state index contributed by atoms with van der Waals surface area (Å²) in [7, 11) is 0. The van der Waals surface area contributed by atoms with E-state index in [9.17, 15) is 0 Å². The van der Waals surface area contributed by atoms with Crippen LogP contribution in [0.25, 0.3) is 89.2 Å². The maximum Gasteiger partial charge on any atom is 0.160 e. The Balaban J connectivity index is 1.31. The summed E-state index contributed by atoms with van der Waals surface area (Å²) in [6.45, 7) is 0. The van der Waals surface area contributed by atoms with Crippen LogP contribution >= 0.6 is 0 Å². The molecule has 0 atom stereocenters. The van der Waals surface area contributed by atoms with Crippen LogP contribution in [0.15, 0.2) is 194 Å². The average Bonchev–Trinajstić information content (AvgIpc) is 3.24. The predicted octanol–water partition coefficient (Wildman–Crippen LogP) is 13.4. The molecule has 9 aromatic rings. The highest BCUT2D eigenvalue weighted by atomic mass is 16.5. The summed E-state index contributed by atoms with van der Waals surface area (Å²) in [4.78, 5) is 10.5. The Morgan fingerprint density at radius 1 is 0.340 bits per heavy atom. The summed E-state index contributed by atoms with van der Waals surface area (Å²) < 4.78 is 6.95. The molecule has 0 bridgehead atoms. The highest BCUT2D eigenvalue weighted by molar-refractivity contribution is 6.07. The molecule has 1 aliphatic heterocycles. The lowest BCUT2D eigenvalue weighted by atomic mass is 9.84. The van der Waals surface area contributed by atoms with Gasteiger partial charge in [-0.15, -0.1) is 0 Å². The molecule has 0 unspecified atom stereocenters. The van der Waals surface area contributed by atoms with Crippen molar-refractivity contribution < 1.29 is 4.74 Å². The van der Waals surface area contributed by atoms with E-state index in [1.807, 2.05) is 24.3 Å². The first kappa shape index (κ1) is 30.7.